The van der Waals surface area contributed by atoms with Crippen molar-refractivity contribution in [1.82, 2.24) is 5.32 Å². The van der Waals surface area contributed by atoms with Crippen LogP contribution in [0, 0.1) is 11.6 Å². The molecule has 0 saturated carbocycles. The summed E-state index contributed by atoms with van der Waals surface area (Å²) in [4.78, 5) is 0. The lowest BCUT2D eigenvalue weighted by Gasteiger charge is -2.24. The van der Waals surface area contributed by atoms with Crippen LogP contribution in [0.15, 0.2) is 18.2 Å². The minimum Gasteiger partial charge on any atom is -0.314 e. The Morgan fingerprint density at radius 3 is 2.50 bits per heavy atom. The van der Waals surface area contributed by atoms with Crippen LogP contribution in [0.2, 0.25) is 0 Å². The summed E-state index contributed by atoms with van der Waals surface area (Å²) < 4.78 is 26.1. The van der Waals surface area contributed by atoms with Gasteiger partial charge in [-0.3, -0.25) is 0 Å². The van der Waals surface area contributed by atoms with Crippen molar-refractivity contribution in [1.29, 1.82) is 0 Å². The molecule has 78 valence electrons. The van der Waals surface area contributed by atoms with Gasteiger partial charge in [0.1, 0.15) is 0 Å². The molecule has 0 aliphatic carbocycles. The summed E-state index contributed by atoms with van der Waals surface area (Å²) in [5.74, 6) is -1.52. The first-order valence-corrected chi connectivity index (χ1v) is 4.58. The summed E-state index contributed by atoms with van der Waals surface area (Å²) in [6, 6.07) is 4.27. The smallest absolute Gasteiger partial charge is 0.162 e. The monoisotopic (exact) mass is 199 g/mol. The number of halogens is 2. The third-order valence-corrected chi connectivity index (χ3v) is 2.34. The zero-order valence-electron chi connectivity index (χ0n) is 8.70. The molecular formula is C11H15F2N. The lowest BCUT2D eigenvalue weighted by Crippen LogP contribution is -2.38. The van der Waals surface area contributed by atoms with E-state index in [1.165, 1.54) is 6.07 Å². The number of hydrogen-bond acceptors (Lipinski definition) is 1. The number of rotatable bonds is 3. The molecule has 3 heteroatoms. The van der Waals surface area contributed by atoms with Crippen LogP contribution in [0.4, 0.5) is 8.78 Å². The first-order valence-electron chi connectivity index (χ1n) is 4.58. The quantitative estimate of drug-likeness (QED) is 0.788. The maximum absolute atomic E-state index is 13.3. The Balaban J connectivity index is 2.92. The first-order chi connectivity index (χ1) is 6.46. The van der Waals surface area contributed by atoms with E-state index in [-0.39, 0.29) is 5.54 Å². The topological polar surface area (TPSA) is 12.0 Å². The molecule has 0 spiro atoms. The fourth-order valence-corrected chi connectivity index (χ4v) is 1.25. The normalized spacial score (nSPS) is 11.8. The molecule has 14 heavy (non-hydrogen) atoms. The minimum atomic E-state index is -0.783. The third-order valence-electron chi connectivity index (χ3n) is 2.34. The Hall–Kier alpha value is -0.960. The molecule has 0 heterocycles. The Morgan fingerprint density at radius 2 is 1.93 bits per heavy atom. The van der Waals surface area contributed by atoms with Gasteiger partial charge in [-0.25, -0.2) is 8.78 Å². The van der Waals surface area contributed by atoms with Crippen LogP contribution >= 0.6 is 0 Å². The molecule has 1 aromatic rings. The predicted molar refractivity (Wildman–Crippen MR) is 53.2 cm³/mol. The Morgan fingerprint density at radius 1 is 1.29 bits per heavy atom. The molecule has 0 amide bonds. The molecule has 0 saturated heterocycles. The molecule has 0 radical (unpaired) electrons. The molecule has 1 rings (SSSR count). The van der Waals surface area contributed by atoms with Gasteiger partial charge in [0.05, 0.1) is 0 Å². The molecule has 0 atom stereocenters. The second-order valence-corrected chi connectivity index (χ2v) is 4.02. The minimum absolute atomic E-state index is 0.228. The molecule has 1 N–H and O–H groups in total. The largest absolute Gasteiger partial charge is 0.314 e. The summed E-state index contributed by atoms with van der Waals surface area (Å²) in [5, 5.41) is 3.05. The molecule has 0 aromatic heterocycles. The van der Waals surface area contributed by atoms with Crippen LogP contribution in [0.25, 0.3) is 0 Å². The maximum atomic E-state index is 13.3. The number of likely N-dealkylation sites (N-methyl/N-ethyl adjacent to an activating group) is 1. The van der Waals surface area contributed by atoms with Gasteiger partial charge in [-0.15, -0.1) is 0 Å². The van der Waals surface area contributed by atoms with Crippen molar-refractivity contribution in [3.05, 3.63) is 35.4 Å². The summed E-state index contributed by atoms with van der Waals surface area (Å²) in [7, 11) is 1.80. The van der Waals surface area contributed by atoms with Gasteiger partial charge in [0.15, 0.2) is 11.6 Å². The van der Waals surface area contributed by atoms with Gasteiger partial charge >= 0.3 is 0 Å². The van der Waals surface area contributed by atoms with Gasteiger partial charge in [-0.1, -0.05) is 12.1 Å². The number of nitrogens with one attached hydrogen (secondary N) is 1. The van der Waals surface area contributed by atoms with Crippen molar-refractivity contribution in [2.75, 3.05) is 7.05 Å². The van der Waals surface area contributed by atoms with Crippen molar-refractivity contribution in [2.24, 2.45) is 0 Å². The van der Waals surface area contributed by atoms with Gasteiger partial charge in [-0.2, -0.15) is 0 Å². The van der Waals surface area contributed by atoms with Crippen LogP contribution in [0.3, 0.4) is 0 Å². The van der Waals surface area contributed by atoms with Crippen LogP contribution in [-0.2, 0) is 6.42 Å². The summed E-state index contributed by atoms with van der Waals surface area (Å²) in [5.41, 5.74) is 0.179. The van der Waals surface area contributed by atoms with Crippen molar-refractivity contribution < 1.29 is 8.78 Å². The zero-order chi connectivity index (χ0) is 10.8. The van der Waals surface area contributed by atoms with Crippen LogP contribution < -0.4 is 5.32 Å². The van der Waals surface area contributed by atoms with Crippen molar-refractivity contribution in [3.63, 3.8) is 0 Å². The highest BCUT2D eigenvalue weighted by atomic mass is 19.2. The fourth-order valence-electron chi connectivity index (χ4n) is 1.25. The van der Waals surface area contributed by atoms with E-state index in [0.29, 0.717) is 12.0 Å². The second-order valence-electron chi connectivity index (χ2n) is 4.02. The summed E-state index contributed by atoms with van der Waals surface area (Å²) >= 11 is 0. The van der Waals surface area contributed by atoms with E-state index in [2.05, 4.69) is 5.32 Å². The van der Waals surface area contributed by atoms with Gasteiger partial charge in [-0.05, 0) is 38.9 Å². The Bertz CT molecular complexity index is 321. The molecule has 1 aromatic carbocycles. The molecule has 0 unspecified atom stereocenters. The standard InChI is InChI=1S/C11H15F2N/c1-11(2,14-3)7-8-5-4-6-9(12)10(8)13/h4-6,14H,7H2,1-3H3. The molecule has 0 bridgehead atoms. The lowest BCUT2D eigenvalue weighted by molar-refractivity contribution is 0.407. The molecule has 0 fully saturated rings. The highest BCUT2D eigenvalue weighted by Gasteiger charge is 2.18. The zero-order valence-corrected chi connectivity index (χ0v) is 8.70. The maximum Gasteiger partial charge on any atom is 0.162 e. The van der Waals surface area contributed by atoms with Gasteiger partial charge in [0.25, 0.3) is 0 Å². The van der Waals surface area contributed by atoms with E-state index in [9.17, 15) is 8.78 Å². The number of benzene rings is 1. The van der Waals surface area contributed by atoms with Crippen LogP contribution in [-0.4, -0.2) is 12.6 Å². The number of hydrogen-bond donors (Lipinski definition) is 1. The van der Waals surface area contributed by atoms with Crippen molar-refractivity contribution in [3.8, 4) is 0 Å². The third kappa shape index (κ3) is 2.51. The van der Waals surface area contributed by atoms with E-state index >= 15 is 0 Å². The molecule has 0 aliphatic rings. The SMILES string of the molecule is CNC(C)(C)Cc1cccc(F)c1F. The van der Waals surface area contributed by atoms with Crippen LogP contribution in [0.1, 0.15) is 19.4 Å². The van der Waals surface area contributed by atoms with E-state index in [1.807, 2.05) is 13.8 Å². The Labute approximate surface area is 83.1 Å². The average Bonchev–Trinajstić information content (AvgIpc) is 2.13. The summed E-state index contributed by atoms with van der Waals surface area (Å²) in [6.45, 7) is 3.88. The predicted octanol–water partition coefficient (Wildman–Crippen LogP) is 2.51. The van der Waals surface area contributed by atoms with Gasteiger partial charge < -0.3 is 5.32 Å². The van der Waals surface area contributed by atoms with Crippen LogP contribution in [0.5, 0.6) is 0 Å². The second kappa shape index (κ2) is 4.05. The molecule has 0 aliphatic heterocycles. The van der Waals surface area contributed by atoms with Gasteiger partial charge in [0, 0.05) is 5.54 Å². The van der Waals surface area contributed by atoms with Gasteiger partial charge in [0.2, 0.25) is 0 Å². The molecular weight excluding hydrogens is 184 g/mol. The van der Waals surface area contributed by atoms with E-state index < -0.39 is 11.6 Å². The Kier molecular flexibility index (Phi) is 3.21. The fraction of sp³-hybridized carbons (Fsp3) is 0.455. The van der Waals surface area contributed by atoms with E-state index in [4.69, 9.17) is 0 Å². The van der Waals surface area contributed by atoms with Crippen molar-refractivity contribution >= 4 is 0 Å². The average molecular weight is 199 g/mol. The first kappa shape index (κ1) is 11.1. The van der Waals surface area contributed by atoms with E-state index in [0.717, 1.165) is 6.07 Å². The lowest BCUT2D eigenvalue weighted by atomic mass is 9.95. The molecule has 1 nitrogen and oxygen atoms in total. The highest BCUT2D eigenvalue weighted by Crippen LogP contribution is 2.17. The van der Waals surface area contributed by atoms with Crippen molar-refractivity contribution in [2.45, 2.75) is 25.8 Å². The highest BCUT2D eigenvalue weighted by molar-refractivity contribution is 5.20. The van der Waals surface area contributed by atoms with E-state index in [1.54, 1.807) is 13.1 Å². The summed E-state index contributed by atoms with van der Waals surface area (Å²) in [6.07, 6.45) is 0.465.